The van der Waals surface area contributed by atoms with Crippen LogP contribution < -0.4 is 5.32 Å². The molecule has 0 radical (unpaired) electrons. The summed E-state index contributed by atoms with van der Waals surface area (Å²) in [6.45, 7) is 3.05. The van der Waals surface area contributed by atoms with Crippen molar-refractivity contribution in [3.05, 3.63) is 0 Å². The van der Waals surface area contributed by atoms with E-state index < -0.39 is 0 Å². The number of nitrogens with zero attached hydrogens (tertiary/aromatic N) is 1. The van der Waals surface area contributed by atoms with E-state index >= 15 is 0 Å². The minimum absolute atomic E-state index is 0.104. The van der Waals surface area contributed by atoms with E-state index in [-0.39, 0.29) is 5.54 Å². The molecule has 1 spiro atoms. The SMILES string of the molecule is CC1CSCC1N1CNC2(CC2)C1=O. The van der Waals surface area contributed by atoms with Crippen LogP contribution in [0.15, 0.2) is 0 Å². The van der Waals surface area contributed by atoms with Gasteiger partial charge in [-0.2, -0.15) is 11.8 Å². The maximum absolute atomic E-state index is 12.1. The maximum atomic E-state index is 12.1. The van der Waals surface area contributed by atoms with Crippen LogP contribution in [0.4, 0.5) is 0 Å². The molecule has 1 amide bonds. The van der Waals surface area contributed by atoms with Gasteiger partial charge >= 0.3 is 0 Å². The highest BCUT2D eigenvalue weighted by molar-refractivity contribution is 7.99. The van der Waals surface area contributed by atoms with E-state index in [0.717, 1.165) is 25.3 Å². The predicted octanol–water partition coefficient (Wildman–Crippen LogP) is 0.660. The van der Waals surface area contributed by atoms with E-state index in [0.29, 0.717) is 17.9 Å². The van der Waals surface area contributed by atoms with Crippen LogP contribution in [0.25, 0.3) is 0 Å². The van der Waals surface area contributed by atoms with Crippen molar-refractivity contribution in [3.8, 4) is 0 Å². The number of hydrogen-bond donors (Lipinski definition) is 1. The molecule has 78 valence electrons. The molecule has 1 saturated carbocycles. The lowest BCUT2D eigenvalue weighted by Gasteiger charge is -2.26. The van der Waals surface area contributed by atoms with E-state index in [1.54, 1.807) is 0 Å². The molecule has 3 aliphatic rings. The van der Waals surface area contributed by atoms with Crippen LogP contribution in [0.3, 0.4) is 0 Å². The van der Waals surface area contributed by atoms with Crippen molar-refractivity contribution in [2.24, 2.45) is 5.92 Å². The van der Waals surface area contributed by atoms with Gasteiger partial charge < -0.3 is 4.90 Å². The number of nitrogens with one attached hydrogen (secondary N) is 1. The summed E-state index contributed by atoms with van der Waals surface area (Å²) in [7, 11) is 0. The zero-order chi connectivity index (χ0) is 9.76. The second kappa shape index (κ2) is 2.89. The standard InChI is InChI=1S/C10H16N2OS/c1-7-4-14-5-8(7)12-6-11-10(2-3-10)9(12)13/h7-8,11H,2-6H2,1H3. The zero-order valence-corrected chi connectivity index (χ0v) is 9.27. The molecule has 2 unspecified atom stereocenters. The summed E-state index contributed by atoms with van der Waals surface area (Å²) in [6.07, 6.45) is 2.10. The molecule has 2 saturated heterocycles. The monoisotopic (exact) mass is 212 g/mol. The largest absolute Gasteiger partial charge is 0.324 e. The molecule has 3 nitrogen and oxygen atoms in total. The number of carbonyl (C=O) groups excluding carboxylic acids is 1. The molecule has 0 aromatic rings. The van der Waals surface area contributed by atoms with Crippen molar-refractivity contribution >= 4 is 17.7 Å². The molecule has 0 bridgehead atoms. The first-order valence-electron chi connectivity index (χ1n) is 5.37. The molecular weight excluding hydrogens is 196 g/mol. The summed E-state index contributed by atoms with van der Waals surface area (Å²) in [6, 6.07) is 0.486. The average molecular weight is 212 g/mol. The van der Waals surface area contributed by atoms with Gasteiger partial charge in [-0.25, -0.2) is 0 Å². The fourth-order valence-electron chi connectivity index (χ4n) is 2.49. The van der Waals surface area contributed by atoms with Crippen LogP contribution in [0.1, 0.15) is 19.8 Å². The van der Waals surface area contributed by atoms with Gasteiger partial charge in [0.1, 0.15) is 0 Å². The minimum atomic E-state index is -0.104. The van der Waals surface area contributed by atoms with Gasteiger partial charge in [-0.3, -0.25) is 10.1 Å². The Bertz CT molecular complexity index is 277. The lowest BCUT2D eigenvalue weighted by atomic mass is 10.0. The Labute approximate surface area is 88.6 Å². The zero-order valence-electron chi connectivity index (χ0n) is 8.45. The lowest BCUT2D eigenvalue weighted by molar-refractivity contribution is -0.131. The molecule has 2 heterocycles. The van der Waals surface area contributed by atoms with Gasteiger partial charge in [-0.1, -0.05) is 6.92 Å². The number of carbonyl (C=O) groups is 1. The highest BCUT2D eigenvalue weighted by Crippen LogP contribution is 2.42. The van der Waals surface area contributed by atoms with Crippen LogP contribution >= 0.6 is 11.8 Å². The summed E-state index contributed by atoms with van der Waals surface area (Å²) in [4.78, 5) is 14.2. The molecule has 1 aliphatic carbocycles. The van der Waals surface area contributed by atoms with Crippen LogP contribution in [-0.2, 0) is 4.79 Å². The van der Waals surface area contributed by atoms with Gasteiger partial charge in [-0.15, -0.1) is 0 Å². The number of amides is 1. The normalized spacial score (nSPS) is 39.8. The summed E-state index contributed by atoms with van der Waals surface area (Å²) < 4.78 is 0. The third-order valence-corrected chi connectivity index (χ3v) is 5.07. The summed E-state index contributed by atoms with van der Waals surface area (Å²) >= 11 is 1.98. The molecule has 0 aromatic heterocycles. The van der Waals surface area contributed by atoms with E-state index in [9.17, 15) is 4.79 Å². The highest BCUT2D eigenvalue weighted by Gasteiger charge is 2.57. The predicted molar refractivity (Wildman–Crippen MR) is 57.1 cm³/mol. The number of thioether (sulfide) groups is 1. The maximum Gasteiger partial charge on any atom is 0.244 e. The van der Waals surface area contributed by atoms with E-state index in [2.05, 4.69) is 17.1 Å². The highest BCUT2D eigenvalue weighted by atomic mass is 32.2. The van der Waals surface area contributed by atoms with Crippen molar-refractivity contribution in [1.82, 2.24) is 10.2 Å². The van der Waals surface area contributed by atoms with Crippen molar-refractivity contribution in [2.75, 3.05) is 18.2 Å². The Kier molecular flexibility index (Phi) is 1.86. The summed E-state index contributed by atoms with van der Waals surface area (Å²) in [5, 5.41) is 3.37. The van der Waals surface area contributed by atoms with Gasteiger partial charge in [0.05, 0.1) is 12.2 Å². The van der Waals surface area contributed by atoms with Crippen LogP contribution in [0, 0.1) is 5.92 Å². The third-order valence-electron chi connectivity index (χ3n) is 3.73. The topological polar surface area (TPSA) is 32.3 Å². The van der Waals surface area contributed by atoms with E-state index in [4.69, 9.17) is 0 Å². The molecular formula is C10H16N2OS. The summed E-state index contributed by atoms with van der Waals surface area (Å²) in [5.41, 5.74) is -0.104. The second-order valence-corrected chi connectivity index (χ2v) is 5.85. The molecule has 3 rings (SSSR count). The van der Waals surface area contributed by atoms with Crippen molar-refractivity contribution in [2.45, 2.75) is 31.3 Å². The summed E-state index contributed by atoms with van der Waals surface area (Å²) in [5.74, 6) is 3.38. The molecule has 0 aromatic carbocycles. The lowest BCUT2D eigenvalue weighted by Crippen LogP contribution is -2.42. The average Bonchev–Trinajstić information content (AvgIpc) is 2.75. The molecule has 14 heavy (non-hydrogen) atoms. The van der Waals surface area contributed by atoms with Gasteiger partial charge in [-0.05, 0) is 24.5 Å². The Morgan fingerprint density at radius 3 is 2.79 bits per heavy atom. The Morgan fingerprint density at radius 2 is 2.29 bits per heavy atom. The quantitative estimate of drug-likeness (QED) is 0.693. The second-order valence-electron chi connectivity index (χ2n) is 4.77. The smallest absolute Gasteiger partial charge is 0.244 e. The van der Waals surface area contributed by atoms with Gasteiger partial charge in [0.25, 0.3) is 0 Å². The fourth-order valence-corrected chi connectivity index (χ4v) is 3.97. The minimum Gasteiger partial charge on any atom is -0.324 e. The molecule has 1 N–H and O–H groups in total. The third kappa shape index (κ3) is 1.13. The van der Waals surface area contributed by atoms with E-state index in [1.165, 1.54) is 5.75 Å². The molecule has 4 heteroatoms. The van der Waals surface area contributed by atoms with Crippen molar-refractivity contribution in [1.29, 1.82) is 0 Å². The van der Waals surface area contributed by atoms with Crippen molar-refractivity contribution in [3.63, 3.8) is 0 Å². The molecule has 2 aliphatic heterocycles. The van der Waals surface area contributed by atoms with E-state index in [1.807, 2.05) is 11.8 Å². The Morgan fingerprint density at radius 1 is 1.50 bits per heavy atom. The van der Waals surface area contributed by atoms with Gasteiger partial charge in [0.2, 0.25) is 5.91 Å². The first-order chi connectivity index (χ1) is 6.73. The number of rotatable bonds is 1. The fraction of sp³-hybridized carbons (Fsp3) is 0.900. The Hall–Kier alpha value is -0.220. The van der Waals surface area contributed by atoms with Crippen LogP contribution in [0.2, 0.25) is 0 Å². The number of hydrogen-bond acceptors (Lipinski definition) is 3. The Balaban J connectivity index is 1.77. The van der Waals surface area contributed by atoms with Crippen LogP contribution in [-0.4, -0.2) is 40.6 Å². The van der Waals surface area contributed by atoms with Gasteiger partial charge in [0, 0.05) is 11.8 Å². The van der Waals surface area contributed by atoms with Crippen LogP contribution in [0.5, 0.6) is 0 Å². The molecule has 2 atom stereocenters. The molecule has 3 fully saturated rings. The first-order valence-corrected chi connectivity index (χ1v) is 6.52. The first kappa shape index (κ1) is 9.04. The van der Waals surface area contributed by atoms with Gasteiger partial charge in [0.15, 0.2) is 0 Å². The van der Waals surface area contributed by atoms with Crippen molar-refractivity contribution < 1.29 is 4.79 Å².